The summed E-state index contributed by atoms with van der Waals surface area (Å²) < 4.78 is 13.3. The van der Waals surface area contributed by atoms with Crippen molar-refractivity contribution >= 4 is 11.6 Å². The molecule has 1 N–H and O–H groups in total. The Bertz CT molecular complexity index is 574. The Morgan fingerprint density at radius 2 is 2.09 bits per heavy atom. The van der Waals surface area contributed by atoms with Crippen molar-refractivity contribution in [1.82, 2.24) is 10.2 Å². The number of carbonyl (C=O) groups excluding carboxylic acids is 1. The van der Waals surface area contributed by atoms with Gasteiger partial charge in [-0.25, -0.2) is 4.39 Å². The zero-order chi connectivity index (χ0) is 16.8. The SMILES string of the molecule is CN(CCNC(=O)c1cc(F)ccc1[N+](=O)[O-])C1CCCCC1. The minimum atomic E-state index is -0.678. The average Bonchev–Trinajstić information content (AvgIpc) is 2.55. The van der Waals surface area contributed by atoms with E-state index < -0.39 is 16.6 Å². The number of nitrogens with zero attached hydrogens (tertiary/aromatic N) is 2. The number of benzene rings is 1. The van der Waals surface area contributed by atoms with E-state index in [4.69, 9.17) is 0 Å². The van der Waals surface area contributed by atoms with Crippen LogP contribution in [0.25, 0.3) is 0 Å². The maximum absolute atomic E-state index is 13.3. The Morgan fingerprint density at radius 3 is 2.74 bits per heavy atom. The van der Waals surface area contributed by atoms with Gasteiger partial charge in [0.15, 0.2) is 0 Å². The van der Waals surface area contributed by atoms with Crippen molar-refractivity contribution in [3.8, 4) is 0 Å². The fourth-order valence-electron chi connectivity index (χ4n) is 2.99. The van der Waals surface area contributed by atoms with Gasteiger partial charge >= 0.3 is 0 Å². The maximum Gasteiger partial charge on any atom is 0.282 e. The number of nitro benzene ring substituents is 1. The van der Waals surface area contributed by atoms with Crippen LogP contribution in [-0.2, 0) is 0 Å². The molecule has 0 spiro atoms. The molecule has 0 saturated heterocycles. The van der Waals surface area contributed by atoms with Crippen LogP contribution in [-0.4, -0.2) is 41.9 Å². The number of amides is 1. The lowest BCUT2D eigenvalue weighted by Gasteiger charge is -2.31. The molecule has 2 rings (SSSR count). The highest BCUT2D eigenvalue weighted by molar-refractivity contribution is 5.98. The first-order valence-electron chi connectivity index (χ1n) is 7.91. The molecule has 0 atom stereocenters. The zero-order valence-electron chi connectivity index (χ0n) is 13.3. The molecule has 0 aromatic heterocycles. The van der Waals surface area contributed by atoms with Crippen molar-refractivity contribution in [2.75, 3.05) is 20.1 Å². The summed E-state index contributed by atoms with van der Waals surface area (Å²) in [6.07, 6.45) is 6.08. The first kappa shape index (κ1) is 17.3. The van der Waals surface area contributed by atoms with Gasteiger partial charge < -0.3 is 10.2 Å². The Hall–Kier alpha value is -2.02. The first-order valence-corrected chi connectivity index (χ1v) is 7.91. The van der Waals surface area contributed by atoms with Crippen LogP contribution in [0.5, 0.6) is 0 Å². The van der Waals surface area contributed by atoms with Gasteiger partial charge in [0.25, 0.3) is 11.6 Å². The molecule has 0 radical (unpaired) electrons. The normalized spacial score (nSPS) is 15.6. The molecule has 1 fully saturated rings. The summed E-state index contributed by atoms with van der Waals surface area (Å²) >= 11 is 0. The van der Waals surface area contributed by atoms with Crippen molar-refractivity contribution in [3.05, 3.63) is 39.7 Å². The molecule has 1 aromatic rings. The summed E-state index contributed by atoms with van der Waals surface area (Å²) in [5.41, 5.74) is -0.625. The summed E-state index contributed by atoms with van der Waals surface area (Å²) in [7, 11) is 2.02. The molecule has 23 heavy (non-hydrogen) atoms. The van der Waals surface area contributed by atoms with E-state index in [0.29, 0.717) is 19.1 Å². The Balaban J connectivity index is 1.89. The molecule has 1 amide bonds. The van der Waals surface area contributed by atoms with Crippen LogP contribution in [0.4, 0.5) is 10.1 Å². The number of nitro groups is 1. The van der Waals surface area contributed by atoms with Crippen molar-refractivity contribution in [3.63, 3.8) is 0 Å². The van der Waals surface area contributed by atoms with Gasteiger partial charge in [-0.1, -0.05) is 19.3 Å². The lowest BCUT2D eigenvalue weighted by atomic mass is 9.94. The molecule has 0 unspecified atom stereocenters. The summed E-state index contributed by atoms with van der Waals surface area (Å²) in [6, 6.07) is 3.42. The fourth-order valence-corrected chi connectivity index (χ4v) is 2.99. The smallest absolute Gasteiger partial charge is 0.282 e. The largest absolute Gasteiger partial charge is 0.351 e. The Kier molecular flexibility index (Phi) is 6.04. The monoisotopic (exact) mass is 323 g/mol. The van der Waals surface area contributed by atoms with E-state index in [9.17, 15) is 19.3 Å². The lowest BCUT2D eigenvalue weighted by molar-refractivity contribution is -0.385. The number of halogens is 1. The third kappa shape index (κ3) is 4.72. The highest BCUT2D eigenvalue weighted by atomic mass is 19.1. The number of rotatable bonds is 6. The van der Waals surface area contributed by atoms with Crippen molar-refractivity contribution in [2.45, 2.75) is 38.1 Å². The van der Waals surface area contributed by atoms with Crippen molar-refractivity contribution < 1.29 is 14.1 Å². The van der Waals surface area contributed by atoms with E-state index in [1.165, 1.54) is 32.1 Å². The van der Waals surface area contributed by atoms with Crippen LogP contribution in [0.1, 0.15) is 42.5 Å². The standard InChI is InChI=1S/C16H22FN3O3/c1-19(13-5-3-2-4-6-13)10-9-18-16(21)14-11-12(17)7-8-15(14)20(22)23/h7-8,11,13H,2-6,9-10H2,1H3,(H,18,21). The quantitative estimate of drug-likeness (QED) is 0.645. The summed E-state index contributed by atoms with van der Waals surface area (Å²) in [5, 5.41) is 13.6. The Morgan fingerprint density at radius 1 is 1.39 bits per heavy atom. The summed E-state index contributed by atoms with van der Waals surface area (Å²) in [5.74, 6) is -1.28. The second-order valence-corrected chi connectivity index (χ2v) is 5.95. The molecule has 126 valence electrons. The van der Waals surface area contributed by atoms with Gasteiger partial charge in [-0.3, -0.25) is 14.9 Å². The molecule has 0 bridgehead atoms. The average molecular weight is 323 g/mol. The Labute approximate surface area is 134 Å². The molecule has 1 aromatic carbocycles. The number of nitrogens with one attached hydrogen (secondary N) is 1. The minimum absolute atomic E-state index is 0.240. The van der Waals surface area contributed by atoms with Gasteiger partial charge in [0.2, 0.25) is 0 Å². The van der Waals surface area contributed by atoms with Crippen molar-refractivity contribution in [2.24, 2.45) is 0 Å². The first-order chi connectivity index (χ1) is 11.0. The molecule has 0 heterocycles. The van der Waals surface area contributed by atoms with Gasteiger partial charge in [0.05, 0.1) is 4.92 Å². The van der Waals surface area contributed by atoms with Crippen molar-refractivity contribution in [1.29, 1.82) is 0 Å². The second-order valence-electron chi connectivity index (χ2n) is 5.95. The van der Waals surface area contributed by atoms with Gasteiger partial charge in [0, 0.05) is 25.2 Å². The van der Waals surface area contributed by atoms with Gasteiger partial charge in [0.1, 0.15) is 11.4 Å². The fraction of sp³-hybridized carbons (Fsp3) is 0.562. The highest BCUT2D eigenvalue weighted by Crippen LogP contribution is 2.21. The minimum Gasteiger partial charge on any atom is -0.351 e. The molecule has 6 nitrogen and oxygen atoms in total. The summed E-state index contributed by atoms with van der Waals surface area (Å²) in [6.45, 7) is 1.04. The van der Waals surface area contributed by atoms with E-state index in [0.717, 1.165) is 18.2 Å². The third-order valence-corrected chi connectivity index (χ3v) is 4.35. The molecule has 0 aliphatic heterocycles. The van der Waals surface area contributed by atoms with Crippen LogP contribution in [0.2, 0.25) is 0 Å². The second kappa shape index (κ2) is 8.01. The molecule has 1 saturated carbocycles. The molecular weight excluding hydrogens is 301 g/mol. The topological polar surface area (TPSA) is 75.5 Å². The number of carbonyl (C=O) groups is 1. The van der Waals surface area contributed by atoms with Crippen LogP contribution in [0.3, 0.4) is 0 Å². The maximum atomic E-state index is 13.3. The predicted molar refractivity (Wildman–Crippen MR) is 84.9 cm³/mol. The predicted octanol–water partition coefficient (Wildman–Crippen LogP) is 2.73. The van der Waals surface area contributed by atoms with Crippen LogP contribution in [0, 0.1) is 15.9 Å². The number of likely N-dealkylation sites (N-methyl/N-ethyl adjacent to an activating group) is 1. The van der Waals surface area contributed by atoms with E-state index in [-0.39, 0.29) is 11.3 Å². The molecule has 1 aliphatic rings. The number of hydrogen-bond donors (Lipinski definition) is 1. The van der Waals surface area contributed by atoms with Gasteiger partial charge in [-0.05, 0) is 32.0 Å². The molecule has 1 aliphatic carbocycles. The highest BCUT2D eigenvalue weighted by Gasteiger charge is 2.21. The molecular formula is C16H22FN3O3. The van der Waals surface area contributed by atoms with Gasteiger partial charge in [-0.15, -0.1) is 0 Å². The van der Waals surface area contributed by atoms with Gasteiger partial charge in [-0.2, -0.15) is 0 Å². The van der Waals surface area contributed by atoms with Crippen LogP contribution < -0.4 is 5.32 Å². The van der Waals surface area contributed by atoms with E-state index in [1.807, 2.05) is 7.05 Å². The number of hydrogen-bond acceptors (Lipinski definition) is 4. The van der Waals surface area contributed by atoms with Crippen LogP contribution >= 0.6 is 0 Å². The zero-order valence-corrected chi connectivity index (χ0v) is 13.3. The third-order valence-electron chi connectivity index (χ3n) is 4.35. The van der Waals surface area contributed by atoms with E-state index in [1.54, 1.807) is 0 Å². The van der Waals surface area contributed by atoms with E-state index in [2.05, 4.69) is 10.2 Å². The van der Waals surface area contributed by atoms with E-state index >= 15 is 0 Å². The van der Waals surface area contributed by atoms with Crippen LogP contribution in [0.15, 0.2) is 18.2 Å². The summed E-state index contributed by atoms with van der Waals surface area (Å²) in [4.78, 5) is 24.5. The molecule has 7 heteroatoms. The lowest BCUT2D eigenvalue weighted by Crippen LogP contribution is -2.39.